The summed E-state index contributed by atoms with van der Waals surface area (Å²) >= 11 is 5.81. The average molecular weight is 313 g/mol. The third kappa shape index (κ3) is 3.41. The van der Waals surface area contributed by atoms with Gasteiger partial charge in [0.1, 0.15) is 0 Å². The van der Waals surface area contributed by atoms with Crippen molar-refractivity contribution < 1.29 is 18.7 Å². The van der Waals surface area contributed by atoms with E-state index >= 15 is 0 Å². The minimum Gasteiger partial charge on any atom is -0.503 e. The SMILES string of the molecule is NC(=O)c1cc(NCc2cc(F)c(O)c(F)c2)ccc1Cl. The van der Waals surface area contributed by atoms with Gasteiger partial charge < -0.3 is 16.2 Å². The standard InChI is InChI=1S/C14H11ClF2N2O2/c15-10-2-1-8(5-9(10)14(18)21)19-6-7-3-11(16)13(20)12(17)4-7/h1-5,19-20H,6H2,(H2,18,21). The smallest absolute Gasteiger partial charge is 0.250 e. The Morgan fingerprint density at radius 3 is 2.43 bits per heavy atom. The predicted octanol–water partition coefficient (Wildman–Crippen LogP) is 3.03. The van der Waals surface area contributed by atoms with Crippen molar-refractivity contribution in [1.29, 1.82) is 0 Å². The molecular weight excluding hydrogens is 302 g/mol. The van der Waals surface area contributed by atoms with E-state index in [1.165, 1.54) is 12.1 Å². The van der Waals surface area contributed by atoms with Gasteiger partial charge >= 0.3 is 0 Å². The van der Waals surface area contributed by atoms with Crippen molar-refractivity contribution in [3.8, 4) is 5.75 Å². The number of benzene rings is 2. The summed E-state index contributed by atoms with van der Waals surface area (Å²) in [6.45, 7) is 0.0912. The fourth-order valence-electron chi connectivity index (χ4n) is 1.75. The second-order valence-electron chi connectivity index (χ2n) is 4.32. The molecule has 0 aliphatic carbocycles. The largest absolute Gasteiger partial charge is 0.503 e. The van der Waals surface area contributed by atoms with Crippen LogP contribution in [0.1, 0.15) is 15.9 Å². The average Bonchev–Trinajstić information content (AvgIpc) is 2.43. The Kier molecular flexibility index (Phi) is 4.28. The molecular formula is C14H11ClF2N2O2. The summed E-state index contributed by atoms with van der Waals surface area (Å²) in [5.41, 5.74) is 6.12. The van der Waals surface area contributed by atoms with E-state index in [4.69, 9.17) is 22.4 Å². The maximum atomic E-state index is 13.2. The third-order valence-electron chi connectivity index (χ3n) is 2.81. The molecule has 0 aliphatic heterocycles. The number of primary amides is 1. The number of aromatic hydroxyl groups is 1. The summed E-state index contributed by atoms with van der Waals surface area (Å²) < 4.78 is 26.4. The van der Waals surface area contributed by atoms with Crippen LogP contribution in [0.3, 0.4) is 0 Å². The highest BCUT2D eigenvalue weighted by molar-refractivity contribution is 6.33. The number of anilines is 1. The van der Waals surface area contributed by atoms with E-state index < -0.39 is 23.3 Å². The third-order valence-corrected chi connectivity index (χ3v) is 3.13. The molecule has 0 aromatic heterocycles. The van der Waals surface area contributed by atoms with Crippen molar-refractivity contribution in [2.75, 3.05) is 5.32 Å². The lowest BCUT2D eigenvalue weighted by Gasteiger charge is -2.09. The normalized spacial score (nSPS) is 10.4. The van der Waals surface area contributed by atoms with Gasteiger partial charge in [0.05, 0.1) is 10.6 Å². The van der Waals surface area contributed by atoms with Crippen molar-refractivity contribution in [3.63, 3.8) is 0 Å². The zero-order valence-electron chi connectivity index (χ0n) is 10.7. The fraction of sp³-hybridized carbons (Fsp3) is 0.0714. The van der Waals surface area contributed by atoms with E-state index in [-0.39, 0.29) is 17.1 Å². The van der Waals surface area contributed by atoms with Gasteiger partial charge in [0.2, 0.25) is 5.91 Å². The molecule has 0 spiro atoms. The van der Waals surface area contributed by atoms with Crippen LogP contribution in [0, 0.1) is 11.6 Å². The second-order valence-corrected chi connectivity index (χ2v) is 4.73. The molecule has 21 heavy (non-hydrogen) atoms. The monoisotopic (exact) mass is 312 g/mol. The van der Waals surface area contributed by atoms with Crippen LogP contribution in [0.5, 0.6) is 5.75 Å². The molecule has 110 valence electrons. The van der Waals surface area contributed by atoms with E-state index in [0.717, 1.165) is 12.1 Å². The Hall–Kier alpha value is -2.34. The molecule has 4 N–H and O–H groups in total. The van der Waals surface area contributed by atoms with Crippen molar-refractivity contribution in [3.05, 3.63) is 58.1 Å². The number of amides is 1. The Morgan fingerprint density at radius 2 is 1.86 bits per heavy atom. The zero-order chi connectivity index (χ0) is 15.6. The van der Waals surface area contributed by atoms with Gasteiger partial charge in [-0.1, -0.05) is 11.6 Å². The first-order chi connectivity index (χ1) is 9.88. The number of rotatable bonds is 4. The van der Waals surface area contributed by atoms with Crippen LogP contribution in [0.2, 0.25) is 5.02 Å². The van der Waals surface area contributed by atoms with E-state index in [2.05, 4.69) is 5.32 Å². The van der Waals surface area contributed by atoms with Crippen molar-refractivity contribution in [2.24, 2.45) is 5.73 Å². The van der Waals surface area contributed by atoms with Gasteiger partial charge in [-0.15, -0.1) is 0 Å². The summed E-state index contributed by atoms with van der Waals surface area (Å²) in [5, 5.41) is 12.1. The van der Waals surface area contributed by atoms with Gasteiger partial charge in [-0.3, -0.25) is 4.79 Å². The van der Waals surface area contributed by atoms with E-state index in [1.807, 2.05) is 0 Å². The summed E-state index contributed by atoms with van der Waals surface area (Å²) in [7, 11) is 0. The number of phenols is 1. The summed E-state index contributed by atoms with van der Waals surface area (Å²) in [4.78, 5) is 11.2. The number of nitrogens with two attached hydrogens (primary N) is 1. The Balaban J connectivity index is 2.17. The molecule has 0 bridgehead atoms. The Morgan fingerprint density at radius 1 is 1.24 bits per heavy atom. The van der Waals surface area contributed by atoms with Gasteiger partial charge in [0.15, 0.2) is 17.4 Å². The highest BCUT2D eigenvalue weighted by Gasteiger charge is 2.10. The van der Waals surface area contributed by atoms with Crippen LogP contribution in [0.25, 0.3) is 0 Å². The van der Waals surface area contributed by atoms with Crippen LogP contribution in [0.15, 0.2) is 30.3 Å². The molecule has 0 heterocycles. The van der Waals surface area contributed by atoms with Crippen LogP contribution < -0.4 is 11.1 Å². The van der Waals surface area contributed by atoms with E-state index in [0.29, 0.717) is 11.3 Å². The van der Waals surface area contributed by atoms with Crippen LogP contribution in [0.4, 0.5) is 14.5 Å². The van der Waals surface area contributed by atoms with Gasteiger partial charge in [-0.05, 0) is 35.9 Å². The van der Waals surface area contributed by atoms with Gasteiger partial charge in [0.25, 0.3) is 0 Å². The molecule has 0 unspecified atom stereocenters. The number of hydrogen-bond donors (Lipinski definition) is 3. The molecule has 0 radical (unpaired) electrons. The number of nitrogens with one attached hydrogen (secondary N) is 1. The van der Waals surface area contributed by atoms with Gasteiger partial charge in [0, 0.05) is 12.2 Å². The molecule has 0 saturated heterocycles. The Bertz CT molecular complexity index is 684. The van der Waals surface area contributed by atoms with Crippen LogP contribution in [-0.4, -0.2) is 11.0 Å². The first-order valence-corrected chi connectivity index (χ1v) is 6.26. The topological polar surface area (TPSA) is 75.4 Å². The summed E-state index contributed by atoms with van der Waals surface area (Å²) in [5.74, 6) is -3.77. The van der Waals surface area contributed by atoms with Crippen molar-refractivity contribution in [2.45, 2.75) is 6.54 Å². The maximum absolute atomic E-state index is 13.2. The number of halogens is 3. The quantitative estimate of drug-likeness (QED) is 0.812. The van der Waals surface area contributed by atoms with Crippen LogP contribution >= 0.6 is 11.6 Å². The molecule has 2 aromatic rings. The predicted molar refractivity (Wildman–Crippen MR) is 75.3 cm³/mol. The minimum atomic E-state index is -1.04. The van der Waals surface area contributed by atoms with E-state index in [9.17, 15) is 13.6 Å². The first kappa shape index (κ1) is 15.1. The number of hydrogen-bond acceptors (Lipinski definition) is 3. The van der Waals surface area contributed by atoms with Gasteiger partial charge in [-0.25, -0.2) is 8.78 Å². The lowest BCUT2D eigenvalue weighted by molar-refractivity contribution is 0.100. The highest BCUT2D eigenvalue weighted by Crippen LogP contribution is 2.23. The molecule has 2 rings (SSSR count). The minimum absolute atomic E-state index is 0.0912. The number of phenolic OH excluding ortho intramolecular Hbond substituents is 1. The number of carbonyl (C=O) groups is 1. The first-order valence-electron chi connectivity index (χ1n) is 5.88. The molecule has 0 atom stereocenters. The highest BCUT2D eigenvalue weighted by atomic mass is 35.5. The lowest BCUT2D eigenvalue weighted by Crippen LogP contribution is -2.12. The lowest BCUT2D eigenvalue weighted by atomic mass is 10.1. The fourth-order valence-corrected chi connectivity index (χ4v) is 1.96. The van der Waals surface area contributed by atoms with Gasteiger partial charge in [-0.2, -0.15) is 0 Å². The molecule has 7 heteroatoms. The maximum Gasteiger partial charge on any atom is 0.250 e. The second kappa shape index (κ2) is 5.97. The molecule has 0 saturated carbocycles. The summed E-state index contributed by atoms with van der Waals surface area (Å²) in [6, 6.07) is 6.55. The van der Waals surface area contributed by atoms with Crippen molar-refractivity contribution >= 4 is 23.2 Å². The molecule has 0 fully saturated rings. The zero-order valence-corrected chi connectivity index (χ0v) is 11.4. The van der Waals surface area contributed by atoms with E-state index in [1.54, 1.807) is 6.07 Å². The summed E-state index contributed by atoms with van der Waals surface area (Å²) in [6.07, 6.45) is 0. The molecule has 4 nitrogen and oxygen atoms in total. The van der Waals surface area contributed by atoms with Crippen LogP contribution in [-0.2, 0) is 6.54 Å². The van der Waals surface area contributed by atoms with Crippen molar-refractivity contribution in [1.82, 2.24) is 0 Å². The number of carbonyl (C=O) groups excluding carboxylic acids is 1. The molecule has 2 aromatic carbocycles. The Labute approximate surface area is 124 Å². The molecule has 0 aliphatic rings. The molecule has 1 amide bonds.